The second-order valence-corrected chi connectivity index (χ2v) is 13.6. The van der Waals surface area contributed by atoms with E-state index in [1.54, 1.807) is 0 Å². The van der Waals surface area contributed by atoms with Crippen molar-refractivity contribution in [3.8, 4) is 56.0 Å². The predicted molar refractivity (Wildman–Crippen MR) is 208 cm³/mol. The minimum atomic E-state index is -0.562. The Hall–Kier alpha value is -6.64. The Labute approximate surface area is 297 Å². The van der Waals surface area contributed by atoms with Gasteiger partial charge in [-0.25, -0.2) is 0 Å². The molecule has 0 N–H and O–H groups in total. The number of fused-ring (bicyclic) bond motifs is 16. The summed E-state index contributed by atoms with van der Waals surface area (Å²) >= 11 is 0. The van der Waals surface area contributed by atoms with Crippen molar-refractivity contribution >= 4 is 17.1 Å². The number of ether oxygens (including phenoxy) is 1. The third-order valence-electron chi connectivity index (χ3n) is 11.1. The molecule has 2 heteroatoms. The topological polar surface area (TPSA) is 12.5 Å². The fraction of sp³-hybridized carbons (Fsp3) is 0.0204. The standard InChI is InChI=1S/C49H31NO/c1-2-16-34-33(15-1)35-17-3-4-19-37(35)39-30-29-32(31-40(39)38-20-6-5-18-36(34)38)50-45-25-11-7-21-41(45)49(42-22-8-12-26-46(42)50)43-23-9-13-27-47(43)51-48-28-14-10-24-44(48)49/h1-31H. The van der Waals surface area contributed by atoms with Crippen LogP contribution in [0.1, 0.15) is 22.3 Å². The second-order valence-electron chi connectivity index (χ2n) is 13.6. The maximum absolute atomic E-state index is 6.60. The lowest BCUT2D eigenvalue weighted by molar-refractivity contribution is 0.434. The first-order chi connectivity index (χ1) is 25.3. The Balaban J connectivity index is 1.21. The van der Waals surface area contributed by atoms with E-state index in [9.17, 15) is 0 Å². The van der Waals surface area contributed by atoms with Crippen LogP contribution in [0.15, 0.2) is 188 Å². The summed E-state index contributed by atoms with van der Waals surface area (Å²) in [5.41, 5.74) is 17.6. The summed E-state index contributed by atoms with van der Waals surface area (Å²) in [4.78, 5) is 2.47. The second kappa shape index (κ2) is 10.7. The number of hydrogen-bond acceptors (Lipinski definition) is 2. The van der Waals surface area contributed by atoms with E-state index in [2.05, 4.69) is 193 Å². The molecule has 8 aromatic carbocycles. The molecule has 2 nitrogen and oxygen atoms in total. The van der Waals surface area contributed by atoms with Crippen molar-refractivity contribution in [3.63, 3.8) is 0 Å². The lowest BCUT2D eigenvalue weighted by Crippen LogP contribution is -2.39. The molecule has 0 atom stereocenters. The van der Waals surface area contributed by atoms with Crippen LogP contribution in [0.2, 0.25) is 0 Å². The van der Waals surface area contributed by atoms with Gasteiger partial charge in [-0.3, -0.25) is 0 Å². The summed E-state index contributed by atoms with van der Waals surface area (Å²) < 4.78 is 6.60. The minimum Gasteiger partial charge on any atom is -0.457 e. The third kappa shape index (κ3) is 3.82. The van der Waals surface area contributed by atoms with E-state index in [0.29, 0.717) is 0 Å². The molecule has 0 fully saturated rings. The molecule has 2 heterocycles. The summed E-state index contributed by atoms with van der Waals surface area (Å²) in [5.74, 6) is 1.79. The maximum Gasteiger partial charge on any atom is 0.132 e. The summed E-state index contributed by atoms with van der Waals surface area (Å²) in [7, 11) is 0. The van der Waals surface area contributed by atoms with Crippen LogP contribution in [0.4, 0.5) is 17.1 Å². The van der Waals surface area contributed by atoms with Crippen LogP contribution in [0.5, 0.6) is 11.5 Å². The summed E-state index contributed by atoms with van der Waals surface area (Å²) in [6.07, 6.45) is 0. The Morgan fingerprint density at radius 3 is 1.14 bits per heavy atom. The lowest BCUT2D eigenvalue weighted by atomic mass is 9.61. The highest BCUT2D eigenvalue weighted by atomic mass is 16.5. The number of nitrogens with zero attached hydrogens (tertiary/aromatic N) is 1. The van der Waals surface area contributed by atoms with Gasteiger partial charge >= 0.3 is 0 Å². The van der Waals surface area contributed by atoms with Crippen LogP contribution in [0.3, 0.4) is 0 Å². The van der Waals surface area contributed by atoms with E-state index < -0.39 is 5.41 Å². The average Bonchev–Trinajstić information content (AvgIpc) is 3.20. The first-order valence-corrected chi connectivity index (χ1v) is 17.6. The van der Waals surface area contributed by atoms with Gasteiger partial charge in [0.1, 0.15) is 11.5 Å². The van der Waals surface area contributed by atoms with E-state index in [1.807, 2.05) is 0 Å². The van der Waals surface area contributed by atoms with Crippen molar-refractivity contribution in [2.24, 2.45) is 0 Å². The first-order valence-electron chi connectivity index (χ1n) is 17.6. The molecule has 51 heavy (non-hydrogen) atoms. The van der Waals surface area contributed by atoms with Crippen molar-refractivity contribution in [2.45, 2.75) is 5.41 Å². The number of benzene rings is 8. The molecular weight excluding hydrogens is 619 g/mol. The summed E-state index contributed by atoms with van der Waals surface area (Å²) in [5, 5.41) is 0. The highest BCUT2D eigenvalue weighted by Gasteiger charge is 2.51. The molecule has 0 saturated carbocycles. The number of hydrogen-bond donors (Lipinski definition) is 0. The normalized spacial score (nSPS) is 13.8. The van der Waals surface area contributed by atoms with Crippen molar-refractivity contribution in [3.05, 3.63) is 210 Å². The Morgan fingerprint density at radius 2 is 0.667 bits per heavy atom. The highest BCUT2D eigenvalue weighted by Crippen LogP contribution is 2.63. The number of anilines is 3. The quantitative estimate of drug-likeness (QED) is 0.175. The molecule has 238 valence electrons. The molecule has 11 rings (SSSR count). The predicted octanol–water partition coefficient (Wildman–Crippen LogP) is 12.9. The Morgan fingerprint density at radius 1 is 0.314 bits per heavy atom. The first kappa shape index (κ1) is 28.2. The van der Waals surface area contributed by atoms with E-state index in [0.717, 1.165) is 39.7 Å². The fourth-order valence-corrected chi connectivity index (χ4v) is 9.09. The van der Waals surface area contributed by atoms with Gasteiger partial charge in [0.25, 0.3) is 0 Å². The molecule has 2 aliphatic heterocycles. The van der Waals surface area contributed by atoms with Crippen LogP contribution in [-0.4, -0.2) is 0 Å². The van der Waals surface area contributed by atoms with Gasteiger partial charge in [0.15, 0.2) is 0 Å². The van der Waals surface area contributed by atoms with E-state index in [-0.39, 0.29) is 0 Å². The number of rotatable bonds is 1. The third-order valence-corrected chi connectivity index (χ3v) is 11.1. The average molecular weight is 650 g/mol. The molecule has 1 spiro atoms. The SMILES string of the molecule is c1ccc2c(c1)Oc1ccccc1C21c2ccccc2N(c2ccc3c(c2)-c2ccccc2-c2ccccc2-c2ccccc2-3)c2ccccc21. The van der Waals surface area contributed by atoms with Crippen molar-refractivity contribution in [1.29, 1.82) is 0 Å². The summed E-state index contributed by atoms with van der Waals surface area (Å²) in [6, 6.07) is 68.6. The zero-order valence-corrected chi connectivity index (χ0v) is 27.8. The molecule has 0 radical (unpaired) electrons. The smallest absolute Gasteiger partial charge is 0.132 e. The molecule has 0 unspecified atom stereocenters. The number of para-hydroxylation sites is 4. The monoisotopic (exact) mass is 649 g/mol. The zero-order valence-electron chi connectivity index (χ0n) is 27.8. The highest BCUT2D eigenvalue weighted by molar-refractivity contribution is 6.04. The Bertz CT molecular complexity index is 2600. The van der Waals surface area contributed by atoms with Gasteiger partial charge in [-0.05, 0) is 92.0 Å². The molecule has 1 aliphatic carbocycles. The van der Waals surface area contributed by atoms with E-state index in [4.69, 9.17) is 4.74 Å². The van der Waals surface area contributed by atoms with Gasteiger partial charge in [0, 0.05) is 16.8 Å². The zero-order chi connectivity index (χ0) is 33.5. The van der Waals surface area contributed by atoms with Crippen molar-refractivity contribution in [2.75, 3.05) is 4.90 Å². The van der Waals surface area contributed by atoms with Gasteiger partial charge in [-0.1, -0.05) is 152 Å². The largest absolute Gasteiger partial charge is 0.457 e. The van der Waals surface area contributed by atoms with Gasteiger partial charge in [-0.15, -0.1) is 0 Å². The van der Waals surface area contributed by atoms with Crippen molar-refractivity contribution < 1.29 is 4.74 Å². The molecular formula is C49H31NO. The molecule has 8 aromatic rings. The molecule has 0 bridgehead atoms. The Kier molecular flexibility index (Phi) is 5.91. The molecule has 0 amide bonds. The van der Waals surface area contributed by atoms with Gasteiger partial charge in [-0.2, -0.15) is 0 Å². The van der Waals surface area contributed by atoms with Gasteiger partial charge in [0.2, 0.25) is 0 Å². The van der Waals surface area contributed by atoms with E-state index in [1.165, 1.54) is 55.6 Å². The van der Waals surface area contributed by atoms with Crippen LogP contribution < -0.4 is 9.64 Å². The minimum absolute atomic E-state index is 0.562. The molecule has 3 aliphatic rings. The van der Waals surface area contributed by atoms with Crippen LogP contribution >= 0.6 is 0 Å². The van der Waals surface area contributed by atoms with E-state index >= 15 is 0 Å². The van der Waals surface area contributed by atoms with Crippen molar-refractivity contribution in [1.82, 2.24) is 0 Å². The maximum atomic E-state index is 6.60. The molecule has 0 aromatic heterocycles. The summed E-state index contributed by atoms with van der Waals surface area (Å²) in [6.45, 7) is 0. The van der Waals surface area contributed by atoms with Gasteiger partial charge < -0.3 is 9.64 Å². The fourth-order valence-electron chi connectivity index (χ4n) is 9.09. The van der Waals surface area contributed by atoms with Crippen LogP contribution in [-0.2, 0) is 5.41 Å². The van der Waals surface area contributed by atoms with Crippen LogP contribution in [0, 0.1) is 0 Å². The van der Waals surface area contributed by atoms with Crippen LogP contribution in [0.25, 0.3) is 44.5 Å². The lowest BCUT2D eigenvalue weighted by Gasteiger charge is -2.48. The molecule has 0 saturated heterocycles. The van der Waals surface area contributed by atoms with Gasteiger partial charge in [0.05, 0.1) is 16.8 Å².